The van der Waals surface area contributed by atoms with Crippen molar-refractivity contribution >= 4 is 10.0 Å². The van der Waals surface area contributed by atoms with E-state index in [1.807, 2.05) is 6.92 Å². The molecule has 4 nitrogen and oxygen atoms in total. The molecular weight excluding hydrogens is 279 g/mol. The summed E-state index contributed by atoms with van der Waals surface area (Å²) in [6.07, 6.45) is 1.49. The Kier molecular flexibility index (Phi) is 4.46. The lowest BCUT2D eigenvalue weighted by atomic mass is 9.92. The number of hydrogen-bond acceptors (Lipinski definition) is 3. The minimum absolute atomic E-state index is 0.0417. The van der Waals surface area contributed by atoms with E-state index in [2.05, 4.69) is 0 Å². The van der Waals surface area contributed by atoms with Gasteiger partial charge in [-0.3, -0.25) is 0 Å². The van der Waals surface area contributed by atoms with E-state index in [1.54, 1.807) is 6.92 Å². The molecule has 0 radical (unpaired) electrons. The maximum Gasteiger partial charge on any atom is 0.243 e. The number of nitrogens with two attached hydrogens (primary N) is 1. The molecule has 1 aromatic rings. The van der Waals surface area contributed by atoms with E-state index >= 15 is 0 Å². The van der Waals surface area contributed by atoms with Gasteiger partial charge in [-0.15, -0.1) is 0 Å². The van der Waals surface area contributed by atoms with Gasteiger partial charge in [0.25, 0.3) is 0 Å². The highest BCUT2D eigenvalue weighted by Gasteiger charge is 2.34. The fourth-order valence-corrected chi connectivity index (χ4v) is 4.41. The number of hydrogen-bond donors (Lipinski definition) is 1. The molecule has 1 aliphatic heterocycles. The smallest absolute Gasteiger partial charge is 0.243 e. The van der Waals surface area contributed by atoms with Crippen LogP contribution in [0.3, 0.4) is 0 Å². The summed E-state index contributed by atoms with van der Waals surface area (Å²) in [5.74, 6) is -0.373. The second-order valence-corrected chi connectivity index (χ2v) is 7.30. The van der Waals surface area contributed by atoms with Crippen LogP contribution in [0.15, 0.2) is 23.1 Å². The molecule has 0 amide bonds. The van der Waals surface area contributed by atoms with E-state index in [4.69, 9.17) is 5.73 Å². The van der Waals surface area contributed by atoms with Gasteiger partial charge in [0, 0.05) is 19.1 Å². The number of halogens is 1. The summed E-state index contributed by atoms with van der Waals surface area (Å²) in [5.41, 5.74) is 6.57. The maximum atomic E-state index is 13.3. The summed E-state index contributed by atoms with van der Waals surface area (Å²) < 4.78 is 40.1. The fourth-order valence-electron chi connectivity index (χ4n) is 2.66. The Hall–Kier alpha value is -0.980. The van der Waals surface area contributed by atoms with Crippen molar-refractivity contribution in [3.8, 4) is 0 Å². The van der Waals surface area contributed by atoms with Crippen LogP contribution in [0.25, 0.3) is 0 Å². The summed E-state index contributed by atoms with van der Waals surface area (Å²) >= 11 is 0. The maximum absolute atomic E-state index is 13.3. The molecule has 1 fully saturated rings. The molecule has 2 rings (SSSR count). The van der Waals surface area contributed by atoms with Crippen molar-refractivity contribution in [3.63, 3.8) is 0 Å². The molecule has 0 bridgehead atoms. The quantitative estimate of drug-likeness (QED) is 0.927. The van der Waals surface area contributed by atoms with Crippen LogP contribution in [0.5, 0.6) is 0 Å². The molecular formula is C14H21FN2O2S. The van der Waals surface area contributed by atoms with E-state index in [1.165, 1.54) is 16.4 Å². The molecule has 0 saturated carbocycles. The molecule has 112 valence electrons. The molecule has 1 aliphatic rings. The highest BCUT2D eigenvalue weighted by atomic mass is 32.2. The largest absolute Gasteiger partial charge is 0.327 e. The van der Waals surface area contributed by atoms with E-state index < -0.39 is 15.8 Å². The molecule has 1 aromatic carbocycles. The number of nitrogens with zero attached hydrogens (tertiary/aromatic N) is 1. The number of benzene rings is 1. The molecule has 2 unspecified atom stereocenters. The standard InChI is InChI=1S/C14H21FN2O2S/c1-3-11-9-17(7-6-13(11)16)20(18,19)14-8-12(15)5-4-10(14)2/h4-5,8,11,13H,3,6-7,9,16H2,1-2H3. The first-order valence-electron chi connectivity index (χ1n) is 6.88. The van der Waals surface area contributed by atoms with Crippen molar-refractivity contribution < 1.29 is 12.8 Å². The van der Waals surface area contributed by atoms with Crippen LogP contribution in [0, 0.1) is 18.7 Å². The molecule has 1 saturated heterocycles. The van der Waals surface area contributed by atoms with Gasteiger partial charge in [0.15, 0.2) is 0 Å². The fraction of sp³-hybridized carbons (Fsp3) is 0.571. The Morgan fingerprint density at radius 3 is 2.80 bits per heavy atom. The zero-order valence-electron chi connectivity index (χ0n) is 11.8. The zero-order valence-corrected chi connectivity index (χ0v) is 12.7. The average Bonchev–Trinajstić information content (AvgIpc) is 2.41. The van der Waals surface area contributed by atoms with Gasteiger partial charge < -0.3 is 5.73 Å². The van der Waals surface area contributed by atoms with Crippen LogP contribution >= 0.6 is 0 Å². The predicted molar refractivity (Wildman–Crippen MR) is 76.3 cm³/mol. The number of sulfonamides is 1. The van der Waals surface area contributed by atoms with Crippen molar-refractivity contribution in [2.24, 2.45) is 11.7 Å². The van der Waals surface area contributed by atoms with Gasteiger partial charge in [0.1, 0.15) is 5.82 Å². The van der Waals surface area contributed by atoms with Crippen molar-refractivity contribution in [2.45, 2.75) is 37.6 Å². The summed E-state index contributed by atoms with van der Waals surface area (Å²) in [5, 5.41) is 0. The molecule has 0 spiro atoms. The third-order valence-electron chi connectivity index (χ3n) is 4.05. The van der Waals surface area contributed by atoms with Crippen LogP contribution < -0.4 is 5.73 Å². The number of rotatable bonds is 3. The predicted octanol–water partition coefficient (Wildman–Crippen LogP) is 1.88. The van der Waals surface area contributed by atoms with Gasteiger partial charge in [-0.2, -0.15) is 4.31 Å². The van der Waals surface area contributed by atoms with E-state index in [-0.39, 0.29) is 16.9 Å². The summed E-state index contributed by atoms with van der Waals surface area (Å²) in [6.45, 7) is 4.50. The molecule has 2 atom stereocenters. The zero-order chi connectivity index (χ0) is 14.9. The lowest BCUT2D eigenvalue weighted by Gasteiger charge is -2.35. The summed E-state index contributed by atoms with van der Waals surface area (Å²) in [4.78, 5) is 0.0582. The second-order valence-electron chi connectivity index (χ2n) is 5.39. The van der Waals surface area contributed by atoms with Gasteiger partial charge >= 0.3 is 0 Å². The third-order valence-corrected chi connectivity index (χ3v) is 6.05. The van der Waals surface area contributed by atoms with Crippen LogP contribution in [-0.2, 0) is 10.0 Å². The van der Waals surface area contributed by atoms with E-state index in [0.717, 1.165) is 12.5 Å². The van der Waals surface area contributed by atoms with Crippen LogP contribution in [0.2, 0.25) is 0 Å². The van der Waals surface area contributed by atoms with Gasteiger partial charge in [-0.1, -0.05) is 19.4 Å². The summed E-state index contributed by atoms with van der Waals surface area (Å²) in [7, 11) is -3.64. The Labute approximate surface area is 119 Å². The molecule has 1 heterocycles. The van der Waals surface area contributed by atoms with Crippen molar-refractivity contribution in [3.05, 3.63) is 29.6 Å². The first kappa shape index (κ1) is 15.4. The molecule has 20 heavy (non-hydrogen) atoms. The molecule has 2 N–H and O–H groups in total. The van der Waals surface area contributed by atoms with Crippen molar-refractivity contribution in [2.75, 3.05) is 13.1 Å². The lowest BCUT2D eigenvalue weighted by molar-refractivity contribution is 0.230. The SMILES string of the molecule is CCC1CN(S(=O)(=O)c2cc(F)ccc2C)CCC1N. The Bertz CT molecular complexity index is 589. The highest BCUT2D eigenvalue weighted by molar-refractivity contribution is 7.89. The minimum Gasteiger partial charge on any atom is -0.327 e. The Balaban J connectivity index is 2.33. The van der Waals surface area contributed by atoms with Crippen LogP contribution in [0.4, 0.5) is 4.39 Å². The highest BCUT2D eigenvalue weighted by Crippen LogP contribution is 2.26. The summed E-state index contributed by atoms with van der Waals surface area (Å²) in [6, 6.07) is 3.91. The van der Waals surface area contributed by atoms with Crippen molar-refractivity contribution in [1.82, 2.24) is 4.31 Å². The van der Waals surface area contributed by atoms with Crippen LogP contribution in [-0.4, -0.2) is 31.9 Å². The van der Waals surface area contributed by atoms with E-state index in [9.17, 15) is 12.8 Å². The monoisotopic (exact) mass is 300 g/mol. The van der Waals surface area contributed by atoms with Gasteiger partial charge in [0.05, 0.1) is 4.90 Å². The minimum atomic E-state index is -3.64. The number of aryl methyl sites for hydroxylation is 1. The Morgan fingerprint density at radius 2 is 2.15 bits per heavy atom. The number of piperidine rings is 1. The Morgan fingerprint density at radius 1 is 1.45 bits per heavy atom. The molecule has 0 aromatic heterocycles. The first-order chi connectivity index (χ1) is 9.36. The van der Waals surface area contributed by atoms with Crippen molar-refractivity contribution in [1.29, 1.82) is 0 Å². The molecule has 6 heteroatoms. The van der Waals surface area contributed by atoms with Gasteiger partial charge in [0.2, 0.25) is 10.0 Å². The third kappa shape index (κ3) is 2.87. The van der Waals surface area contributed by atoms with Gasteiger partial charge in [-0.05, 0) is 37.0 Å². The first-order valence-corrected chi connectivity index (χ1v) is 8.32. The molecule has 0 aliphatic carbocycles. The van der Waals surface area contributed by atoms with Crippen LogP contribution in [0.1, 0.15) is 25.3 Å². The van der Waals surface area contributed by atoms with Gasteiger partial charge in [-0.25, -0.2) is 12.8 Å². The second kappa shape index (κ2) is 5.79. The van der Waals surface area contributed by atoms with E-state index in [0.29, 0.717) is 25.1 Å². The lowest BCUT2D eigenvalue weighted by Crippen LogP contribution is -2.49. The average molecular weight is 300 g/mol. The topological polar surface area (TPSA) is 63.4 Å². The normalized spacial score (nSPS) is 24.8.